The number of nitrogens with zero attached hydrogens (tertiary/aromatic N) is 4. The first-order valence-electron chi connectivity index (χ1n) is 7.08. The summed E-state index contributed by atoms with van der Waals surface area (Å²) in [6.45, 7) is 6.46. The van der Waals surface area contributed by atoms with Gasteiger partial charge in [-0.3, -0.25) is 9.48 Å². The number of nitrogens with one attached hydrogen (secondary N) is 1. The number of hydrogen-bond donors (Lipinski definition) is 1. The molecular weight excluding hydrogens is 286 g/mol. The Morgan fingerprint density at radius 1 is 1.50 bits per heavy atom. The van der Waals surface area contributed by atoms with E-state index >= 15 is 0 Å². The molecule has 0 spiro atoms. The minimum absolute atomic E-state index is 0.299. The molecule has 1 aliphatic rings. The van der Waals surface area contributed by atoms with Crippen LogP contribution in [0.15, 0.2) is 21.9 Å². The van der Waals surface area contributed by atoms with Gasteiger partial charge in [-0.25, -0.2) is 0 Å². The van der Waals surface area contributed by atoms with Crippen LogP contribution in [-0.4, -0.2) is 32.7 Å². The third-order valence-electron chi connectivity index (χ3n) is 3.42. The molecule has 2 aromatic rings. The van der Waals surface area contributed by atoms with E-state index in [-0.39, 0.29) is 5.91 Å². The summed E-state index contributed by atoms with van der Waals surface area (Å²) in [7, 11) is 0. The molecule has 22 heavy (non-hydrogen) atoms. The van der Waals surface area contributed by atoms with Crippen molar-refractivity contribution in [3.63, 3.8) is 0 Å². The van der Waals surface area contributed by atoms with Crippen LogP contribution in [0.25, 0.3) is 0 Å². The maximum Gasteiger partial charge on any atom is 0.269 e. The highest BCUT2D eigenvalue weighted by Crippen LogP contribution is 2.20. The van der Waals surface area contributed by atoms with E-state index in [2.05, 4.69) is 20.7 Å². The zero-order valence-electron chi connectivity index (χ0n) is 12.7. The van der Waals surface area contributed by atoms with E-state index in [0.29, 0.717) is 18.0 Å². The molecule has 3 rings (SSSR count). The van der Waals surface area contributed by atoms with E-state index < -0.39 is 6.10 Å². The van der Waals surface area contributed by atoms with Gasteiger partial charge in [-0.2, -0.15) is 5.10 Å². The lowest BCUT2D eigenvalue weighted by atomic mass is 10.1. The molecule has 0 fully saturated rings. The van der Waals surface area contributed by atoms with Crippen LogP contribution in [0.1, 0.15) is 30.4 Å². The van der Waals surface area contributed by atoms with Crippen LogP contribution in [-0.2, 0) is 16.2 Å². The first-order valence-corrected chi connectivity index (χ1v) is 7.08. The summed E-state index contributed by atoms with van der Waals surface area (Å²) >= 11 is 0. The van der Waals surface area contributed by atoms with E-state index in [1.54, 1.807) is 13.0 Å². The van der Waals surface area contributed by atoms with Crippen molar-refractivity contribution in [2.75, 3.05) is 5.32 Å². The van der Waals surface area contributed by atoms with Gasteiger partial charge < -0.3 is 14.7 Å². The monoisotopic (exact) mass is 303 g/mol. The first kappa shape index (κ1) is 14.3. The van der Waals surface area contributed by atoms with Gasteiger partial charge in [-0.05, 0) is 20.8 Å². The van der Waals surface area contributed by atoms with Gasteiger partial charge in [0, 0.05) is 30.8 Å². The predicted octanol–water partition coefficient (Wildman–Crippen LogP) is 1.64. The molecule has 0 saturated carbocycles. The molecule has 8 heteroatoms. The molecule has 1 unspecified atom stereocenters. The molecule has 1 atom stereocenters. The first-order chi connectivity index (χ1) is 10.6. The maximum atomic E-state index is 12.1. The second kappa shape index (κ2) is 5.63. The van der Waals surface area contributed by atoms with E-state index in [4.69, 9.17) is 9.36 Å². The molecule has 1 amide bonds. The smallest absolute Gasteiger partial charge is 0.269 e. The minimum atomic E-state index is -0.670. The van der Waals surface area contributed by atoms with Gasteiger partial charge >= 0.3 is 0 Å². The molecule has 0 radical (unpaired) electrons. The van der Waals surface area contributed by atoms with Crippen molar-refractivity contribution in [1.82, 2.24) is 14.9 Å². The SMILES string of the molecule is CCn1cc(C2=NOC(C(=O)Nc3cc(C)on3)C2)c(C)n1. The van der Waals surface area contributed by atoms with Crippen molar-refractivity contribution in [1.29, 1.82) is 0 Å². The average molecular weight is 303 g/mol. The highest BCUT2D eigenvalue weighted by molar-refractivity contribution is 6.06. The molecular formula is C14H17N5O3. The highest BCUT2D eigenvalue weighted by atomic mass is 16.6. The number of amides is 1. The number of anilines is 1. The van der Waals surface area contributed by atoms with Crippen LogP contribution >= 0.6 is 0 Å². The van der Waals surface area contributed by atoms with Gasteiger partial charge in [0.25, 0.3) is 5.91 Å². The molecule has 0 aromatic carbocycles. The van der Waals surface area contributed by atoms with Crippen LogP contribution in [0.5, 0.6) is 0 Å². The number of oxime groups is 1. The van der Waals surface area contributed by atoms with Crippen molar-refractivity contribution in [2.45, 2.75) is 39.8 Å². The zero-order valence-corrected chi connectivity index (χ0v) is 12.7. The number of aromatic nitrogens is 3. The summed E-state index contributed by atoms with van der Waals surface area (Å²) < 4.78 is 6.74. The largest absolute Gasteiger partial charge is 0.382 e. The van der Waals surface area contributed by atoms with Crippen LogP contribution in [0, 0.1) is 13.8 Å². The van der Waals surface area contributed by atoms with Crippen molar-refractivity contribution < 1.29 is 14.2 Å². The molecule has 116 valence electrons. The average Bonchev–Trinajstić information content (AvgIpc) is 3.18. The van der Waals surface area contributed by atoms with Gasteiger partial charge in [0.05, 0.1) is 11.4 Å². The molecule has 0 bridgehead atoms. The topological polar surface area (TPSA) is 94.5 Å². The fraction of sp³-hybridized carbons (Fsp3) is 0.429. The predicted molar refractivity (Wildman–Crippen MR) is 78.5 cm³/mol. The van der Waals surface area contributed by atoms with Gasteiger partial charge in [0.15, 0.2) is 5.82 Å². The van der Waals surface area contributed by atoms with Crippen LogP contribution in [0.3, 0.4) is 0 Å². The molecule has 1 aliphatic heterocycles. The third-order valence-corrected chi connectivity index (χ3v) is 3.42. The van der Waals surface area contributed by atoms with E-state index in [1.807, 2.05) is 24.7 Å². The van der Waals surface area contributed by atoms with Crippen LogP contribution in [0.2, 0.25) is 0 Å². The quantitative estimate of drug-likeness (QED) is 0.926. The lowest BCUT2D eigenvalue weighted by molar-refractivity contribution is -0.125. The Morgan fingerprint density at radius 3 is 2.95 bits per heavy atom. The summed E-state index contributed by atoms with van der Waals surface area (Å²) in [5, 5.41) is 14.8. The highest BCUT2D eigenvalue weighted by Gasteiger charge is 2.30. The van der Waals surface area contributed by atoms with E-state index in [1.165, 1.54) is 0 Å². The van der Waals surface area contributed by atoms with Gasteiger partial charge in [0.2, 0.25) is 6.10 Å². The number of aryl methyl sites for hydroxylation is 3. The standard InChI is InChI=1S/C14H17N5O3/c1-4-19-7-10(9(3)16-19)11-6-12(22-17-11)14(20)15-13-5-8(2)21-18-13/h5,7,12H,4,6H2,1-3H3,(H,15,18,20). The summed E-state index contributed by atoms with van der Waals surface area (Å²) in [4.78, 5) is 17.4. The van der Waals surface area contributed by atoms with Crippen molar-refractivity contribution >= 4 is 17.4 Å². The van der Waals surface area contributed by atoms with Gasteiger partial charge in [-0.15, -0.1) is 0 Å². The summed E-state index contributed by atoms with van der Waals surface area (Å²) in [5.74, 6) is 0.698. The van der Waals surface area contributed by atoms with Crippen molar-refractivity contribution in [3.8, 4) is 0 Å². The van der Waals surface area contributed by atoms with E-state index in [0.717, 1.165) is 23.5 Å². The number of carbonyl (C=O) groups excluding carboxylic acids is 1. The molecule has 0 aliphatic carbocycles. The summed E-state index contributed by atoms with van der Waals surface area (Å²) in [5.41, 5.74) is 2.51. The van der Waals surface area contributed by atoms with E-state index in [9.17, 15) is 4.79 Å². The molecule has 0 saturated heterocycles. The number of rotatable bonds is 4. The Bertz CT molecular complexity index is 731. The minimum Gasteiger partial charge on any atom is -0.382 e. The molecule has 2 aromatic heterocycles. The Kier molecular flexibility index (Phi) is 3.66. The lowest BCUT2D eigenvalue weighted by Gasteiger charge is -2.06. The summed E-state index contributed by atoms with van der Waals surface area (Å²) in [6, 6.07) is 1.64. The second-order valence-electron chi connectivity index (χ2n) is 5.13. The molecule has 1 N–H and O–H groups in total. The van der Waals surface area contributed by atoms with Gasteiger partial charge in [0.1, 0.15) is 5.76 Å². The Labute approximate surface area is 127 Å². The van der Waals surface area contributed by atoms with Crippen LogP contribution < -0.4 is 5.32 Å². The third kappa shape index (κ3) is 2.72. The number of hydrogen-bond acceptors (Lipinski definition) is 6. The lowest BCUT2D eigenvalue weighted by Crippen LogP contribution is -2.28. The molecule has 3 heterocycles. The Balaban J connectivity index is 1.65. The maximum absolute atomic E-state index is 12.1. The van der Waals surface area contributed by atoms with Crippen LogP contribution in [0.4, 0.5) is 5.82 Å². The van der Waals surface area contributed by atoms with Crippen molar-refractivity contribution in [3.05, 3.63) is 29.3 Å². The second-order valence-corrected chi connectivity index (χ2v) is 5.13. The Hall–Kier alpha value is -2.64. The van der Waals surface area contributed by atoms with Crippen molar-refractivity contribution in [2.24, 2.45) is 5.16 Å². The number of carbonyl (C=O) groups is 1. The fourth-order valence-electron chi connectivity index (χ4n) is 2.27. The van der Waals surface area contributed by atoms with Gasteiger partial charge in [-0.1, -0.05) is 10.3 Å². The fourth-order valence-corrected chi connectivity index (χ4v) is 2.27. The zero-order chi connectivity index (χ0) is 15.7. The molecule has 8 nitrogen and oxygen atoms in total. The summed E-state index contributed by atoms with van der Waals surface area (Å²) in [6.07, 6.45) is 1.65. The normalized spacial score (nSPS) is 17.2. The Morgan fingerprint density at radius 2 is 2.32 bits per heavy atom.